The van der Waals surface area contributed by atoms with Crippen LogP contribution in [0, 0.1) is 20.8 Å². The van der Waals surface area contributed by atoms with Gasteiger partial charge in [-0.3, -0.25) is 4.99 Å². The molecule has 0 fully saturated rings. The Balaban J connectivity index is 1.90. The van der Waals surface area contributed by atoms with Crippen molar-refractivity contribution in [2.45, 2.75) is 27.2 Å². The lowest BCUT2D eigenvalue weighted by Gasteiger charge is -2.08. The summed E-state index contributed by atoms with van der Waals surface area (Å²) in [5, 5.41) is 3.15. The number of nitrogens with two attached hydrogens (primary N) is 1. The van der Waals surface area contributed by atoms with Crippen LogP contribution in [0.25, 0.3) is 0 Å². The van der Waals surface area contributed by atoms with Crippen LogP contribution < -0.4 is 11.1 Å². The van der Waals surface area contributed by atoms with Gasteiger partial charge in [0.2, 0.25) is 0 Å². The summed E-state index contributed by atoms with van der Waals surface area (Å²) in [5.74, 6) is 0.465. The molecule has 2 rings (SSSR count). The van der Waals surface area contributed by atoms with Crippen molar-refractivity contribution < 1.29 is 0 Å². The number of hydrogen-bond acceptors (Lipinski definition) is 1. The largest absolute Gasteiger partial charge is 0.370 e. The molecule has 110 valence electrons. The lowest BCUT2D eigenvalue weighted by molar-refractivity contribution is 0.964. The van der Waals surface area contributed by atoms with Crippen molar-refractivity contribution in [1.82, 2.24) is 0 Å². The minimum absolute atomic E-state index is 0.465. The fourth-order valence-electron chi connectivity index (χ4n) is 2.29. The van der Waals surface area contributed by atoms with Crippen LogP contribution in [0.5, 0.6) is 0 Å². The zero-order chi connectivity index (χ0) is 15.2. The SMILES string of the molecule is Cc1ccc(CCN=C(N)Nc2cc(C)cc(C)c2)cc1. The van der Waals surface area contributed by atoms with E-state index in [1.54, 1.807) is 0 Å². The Kier molecular flexibility index (Phi) is 4.99. The first-order valence-corrected chi connectivity index (χ1v) is 7.24. The average Bonchev–Trinajstić information content (AvgIpc) is 2.39. The molecule has 21 heavy (non-hydrogen) atoms. The lowest BCUT2D eigenvalue weighted by Crippen LogP contribution is -2.23. The van der Waals surface area contributed by atoms with E-state index in [4.69, 9.17) is 5.73 Å². The van der Waals surface area contributed by atoms with Crippen molar-refractivity contribution in [2.75, 3.05) is 11.9 Å². The zero-order valence-electron chi connectivity index (χ0n) is 13.0. The third kappa shape index (κ3) is 4.95. The van der Waals surface area contributed by atoms with Crippen LogP contribution in [-0.2, 0) is 6.42 Å². The monoisotopic (exact) mass is 281 g/mol. The second kappa shape index (κ2) is 6.93. The number of hydrogen-bond donors (Lipinski definition) is 2. The molecular formula is C18H23N3. The molecular weight excluding hydrogens is 258 g/mol. The van der Waals surface area contributed by atoms with E-state index in [-0.39, 0.29) is 0 Å². The van der Waals surface area contributed by atoms with Gasteiger partial charge in [0.05, 0.1) is 0 Å². The molecule has 0 aromatic heterocycles. The molecule has 0 aliphatic heterocycles. The number of nitrogens with one attached hydrogen (secondary N) is 1. The summed E-state index contributed by atoms with van der Waals surface area (Å²) in [4.78, 5) is 4.38. The minimum atomic E-state index is 0.465. The Labute approximate surface area is 126 Å². The van der Waals surface area contributed by atoms with Crippen molar-refractivity contribution in [3.05, 3.63) is 64.7 Å². The normalized spacial score (nSPS) is 11.5. The van der Waals surface area contributed by atoms with Crippen LogP contribution >= 0.6 is 0 Å². The van der Waals surface area contributed by atoms with Crippen LogP contribution in [0.4, 0.5) is 5.69 Å². The molecule has 0 saturated heterocycles. The molecule has 0 aliphatic rings. The van der Waals surface area contributed by atoms with Gasteiger partial charge in [-0.1, -0.05) is 35.9 Å². The molecule has 0 atom stereocenters. The number of aryl methyl sites for hydroxylation is 3. The molecule has 2 aromatic rings. The maximum Gasteiger partial charge on any atom is 0.193 e. The smallest absolute Gasteiger partial charge is 0.193 e. The van der Waals surface area contributed by atoms with Gasteiger partial charge in [0, 0.05) is 12.2 Å². The molecule has 0 radical (unpaired) electrons. The number of anilines is 1. The quantitative estimate of drug-likeness (QED) is 0.665. The summed E-state index contributed by atoms with van der Waals surface area (Å²) in [5.41, 5.74) is 11.9. The summed E-state index contributed by atoms with van der Waals surface area (Å²) in [6.07, 6.45) is 0.898. The van der Waals surface area contributed by atoms with Crippen molar-refractivity contribution in [3.63, 3.8) is 0 Å². The molecule has 3 N–H and O–H groups in total. The number of guanidine groups is 1. The lowest BCUT2D eigenvalue weighted by atomic mass is 10.1. The van der Waals surface area contributed by atoms with E-state index < -0.39 is 0 Å². The Bertz CT molecular complexity index is 607. The van der Waals surface area contributed by atoms with Crippen molar-refractivity contribution in [1.29, 1.82) is 0 Å². The summed E-state index contributed by atoms with van der Waals surface area (Å²) in [6.45, 7) is 6.92. The highest BCUT2D eigenvalue weighted by Crippen LogP contribution is 2.13. The Morgan fingerprint density at radius 3 is 2.19 bits per heavy atom. The van der Waals surface area contributed by atoms with Gasteiger partial charge >= 0.3 is 0 Å². The first-order chi connectivity index (χ1) is 10.0. The van der Waals surface area contributed by atoms with E-state index >= 15 is 0 Å². The van der Waals surface area contributed by atoms with Gasteiger partial charge in [-0.15, -0.1) is 0 Å². The third-order valence-electron chi connectivity index (χ3n) is 3.30. The summed E-state index contributed by atoms with van der Waals surface area (Å²) < 4.78 is 0. The first-order valence-electron chi connectivity index (χ1n) is 7.24. The average molecular weight is 281 g/mol. The Hall–Kier alpha value is -2.29. The number of rotatable bonds is 4. The van der Waals surface area contributed by atoms with E-state index in [9.17, 15) is 0 Å². The summed E-state index contributed by atoms with van der Waals surface area (Å²) >= 11 is 0. The maximum absolute atomic E-state index is 5.93. The minimum Gasteiger partial charge on any atom is -0.370 e. The van der Waals surface area contributed by atoms with Gasteiger partial charge in [-0.05, 0) is 56.0 Å². The highest BCUT2D eigenvalue weighted by Gasteiger charge is 1.98. The van der Waals surface area contributed by atoms with E-state index in [0.717, 1.165) is 12.1 Å². The van der Waals surface area contributed by atoms with E-state index in [0.29, 0.717) is 12.5 Å². The fourth-order valence-corrected chi connectivity index (χ4v) is 2.29. The van der Waals surface area contributed by atoms with Gasteiger partial charge < -0.3 is 11.1 Å². The summed E-state index contributed by atoms with van der Waals surface area (Å²) in [6, 6.07) is 14.8. The molecule has 0 aliphatic carbocycles. The Morgan fingerprint density at radius 1 is 0.952 bits per heavy atom. The molecule has 2 aromatic carbocycles. The van der Waals surface area contributed by atoms with Crippen LogP contribution in [0.1, 0.15) is 22.3 Å². The van der Waals surface area contributed by atoms with Gasteiger partial charge in [0.1, 0.15) is 0 Å². The molecule has 0 spiro atoms. The summed E-state index contributed by atoms with van der Waals surface area (Å²) in [7, 11) is 0. The molecule has 0 bridgehead atoms. The molecule has 3 heteroatoms. The first kappa shape index (κ1) is 15.1. The van der Waals surface area contributed by atoms with Gasteiger partial charge in [-0.25, -0.2) is 0 Å². The fraction of sp³-hybridized carbons (Fsp3) is 0.278. The predicted molar refractivity (Wildman–Crippen MR) is 90.9 cm³/mol. The van der Waals surface area contributed by atoms with Crippen LogP contribution in [0.2, 0.25) is 0 Å². The van der Waals surface area contributed by atoms with Gasteiger partial charge in [0.25, 0.3) is 0 Å². The zero-order valence-corrected chi connectivity index (χ0v) is 13.0. The van der Waals surface area contributed by atoms with Crippen LogP contribution in [0.15, 0.2) is 47.5 Å². The molecule has 3 nitrogen and oxygen atoms in total. The van der Waals surface area contributed by atoms with Crippen LogP contribution in [-0.4, -0.2) is 12.5 Å². The predicted octanol–water partition coefficient (Wildman–Crippen LogP) is 3.58. The molecule has 0 unspecified atom stereocenters. The standard InChI is InChI=1S/C18H23N3/c1-13-4-6-16(7-5-13)8-9-20-18(19)21-17-11-14(2)10-15(3)12-17/h4-7,10-12H,8-9H2,1-3H3,(H3,19,20,21). The van der Waals surface area contributed by atoms with Crippen molar-refractivity contribution >= 4 is 11.6 Å². The number of benzene rings is 2. The molecule has 0 saturated carbocycles. The highest BCUT2D eigenvalue weighted by atomic mass is 15.1. The number of aliphatic imine (C=N–C) groups is 1. The van der Waals surface area contributed by atoms with Crippen molar-refractivity contribution in [2.24, 2.45) is 10.7 Å². The maximum atomic E-state index is 5.93. The topological polar surface area (TPSA) is 50.4 Å². The van der Waals surface area contributed by atoms with E-state index in [1.807, 2.05) is 0 Å². The van der Waals surface area contributed by atoms with E-state index in [1.165, 1.54) is 22.3 Å². The van der Waals surface area contributed by atoms with Crippen LogP contribution in [0.3, 0.4) is 0 Å². The molecule has 0 heterocycles. The van der Waals surface area contributed by atoms with E-state index in [2.05, 4.69) is 73.5 Å². The third-order valence-corrected chi connectivity index (χ3v) is 3.30. The number of nitrogens with zero attached hydrogens (tertiary/aromatic N) is 1. The molecule has 0 amide bonds. The van der Waals surface area contributed by atoms with Gasteiger partial charge in [-0.2, -0.15) is 0 Å². The van der Waals surface area contributed by atoms with Gasteiger partial charge in [0.15, 0.2) is 5.96 Å². The second-order valence-corrected chi connectivity index (χ2v) is 5.50. The highest BCUT2D eigenvalue weighted by molar-refractivity contribution is 5.92. The second-order valence-electron chi connectivity index (χ2n) is 5.50. The Morgan fingerprint density at radius 2 is 1.57 bits per heavy atom. The van der Waals surface area contributed by atoms with Crippen molar-refractivity contribution in [3.8, 4) is 0 Å².